The second-order valence-electron chi connectivity index (χ2n) is 6.86. The molecule has 9 heteroatoms. The smallest absolute Gasteiger partial charge is 0.253 e. The van der Waals surface area contributed by atoms with E-state index in [-0.39, 0.29) is 10.8 Å². The van der Waals surface area contributed by atoms with Crippen molar-refractivity contribution in [2.75, 3.05) is 39.3 Å². The van der Waals surface area contributed by atoms with E-state index < -0.39 is 10.0 Å². The Morgan fingerprint density at radius 3 is 2.52 bits per heavy atom. The summed E-state index contributed by atoms with van der Waals surface area (Å²) in [5.41, 5.74) is 0.609. The Bertz CT molecular complexity index is 950. The van der Waals surface area contributed by atoms with Crippen LogP contribution < -0.4 is 9.88 Å². The fourth-order valence-electron chi connectivity index (χ4n) is 3.22. The summed E-state index contributed by atoms with van der Waals surface area (Å²) in [4.78, 5) is 16.9. The van der Waals surface area contributed by atoms with Crippen LogP contribution in [-0.2, 0) is 10.0 Å². The highest BCUT2D eigenvalue weighted by atomic mass is 35.5. The molecule has 3 rings (SSSR count). The quantitative estimate of drug-likeness (QED) is 0.747. The van der Waals surface area contributed by atoms with Crippen molar-refractivity contribution in [1.82, 2.24) is 9.80 Å². The van der Waals surface area contributed by atoms with Crippen molar-refractivity contribution in [1.29, 1.82) is 0 Å². The van der Waals surface area contributed by atoms with Crippen LogP contribution in [0.25, 0.3) is 0 Å². The molecule has 0 aromatic heterocycles. The number of nitrogens with two attached hydrogens (primary N) is 1. The molecule has 2 aromatic carbocycles. The van der Waals surface area contributed by atoms with Crippen molar-refractivity contribution < 1.29 is 17.9 Å². The van der Waals surface area contributed by atoms with Crippen LogP contribution in [0.4, 0.5) is 0 Å². The van der Waals surface area contributed by atoms with Crippen molar-refractivity contribution in [2.45, 2.75) is 11.3 Å². The molecule has 1 saturated heterocycles. The first-order valence-corrected chi connectivity index (χ1v) is 11.3. The normalized spacial score (nSPS) is 15.7. The Morgan fingerprint density at radius 1 is 1.07 bits per heavy atom. The molecule has 1 amide bonds. The molecule has 1 aliphatic heterocycles. The summed E-state index contributed by atoms with van der Waals surface area (Å²) in [6.45, 7) is 4.19. The standard InChI is InChI=1S/C20H24ClN3O4S/c21-17-4-1-3-16(15-17)20(25)24-10-2-9-23(11-12-24)13-14-28-18-5-7-19(8-6-18)29(22,26)27/h1,3-8,15H,2,9-14H2,(H2,22,26,27). The number of carbonyl (C=O) groups is 1. The average Bonchev–Trinajstić information content (AvgIpc) is 2.93. The SMILES string of the molecule is NS(=O)(=O)c1ccc(OCCN2CCCN(C(=O)c3cccc(Cl)c3)CC2)cc1. The Morgan fingerprint density at radius 2 is 1.83 bits per heavy atom. The Kier molecular flexibility index (Phi) is 7.13. The van der Waals surface area contributed by atoms with Gasteiger partial charge < -0.3 is 9.64 Å². The van der Waals surface area contributed by atoms with Crippen LogP contribution in [0.5, 0.6) is 5.75 Å². The number of ether oxygens (including phenoxy) is 1. The van der Waals surface area contributed by atoms with Gasteiger partial charge in [-0.3, -0.25) is 9.69 Å². The molecule has 0 saturated carbocycles. The fraction of sp³-hybridized carbons (Fsp3) is 0.350. The summed E-state index contributed by atoms with van der Waals surface area (Å²) in [5, 5.41) is 5.64. The lowest BCUT2D eigenvalue weighted by Crippen LogP contribution is -2.36. The lowest BCUT2D eigenvalue weighted by molar-refractivity contribution is 0.0760. The molecule has 7 nitrogen and oxygen atoms in total. The number of halogens is 1. The third-order valence-electron chi connectivity index (χ3n) is 4.78. The van der Waals surface area contributed by atoms with Gasteiger partial charge in [0.2, 0.25) is 10.0 Å². The minimum atomic E-state index is -3.70. The van der Waals surface area contributed by atoms with Crippen molar-refractivity contribution >= 4 is 27.5 Å². The summed E-state index contributed by atoms with van der Waals surface area (Å²) in [6, 6.07) is 13.1. The molecule has 1 aliphatic rings. The largest absolute Gasteiger partial charge is 0.492 e. The molecule has 0 radical (unpaired) electrons. The number of hydrogen-bond donors (Lipinski definition) is 1. The van der Waals surface area contributed by atoms with Gasteiger partial charge in [0.25, 0.3) is 5.91 Å². The maximum atomic E-state index is 12.7. The highest BCUT2D eigenvalue weighted by molar-refractivity contribution is 7.89. The number of benzene rings is 2. The van der Waals surface area contributed by atoms with Crippen molar-refractivity contribution in [3.63, 3.8) is 0 Å². The van der Waals surface area contributed by atoms with E-state index in [1.165, 1.54) is 12.1 Å². The van der Waals surface area contributed by atoms with Crippen molar-refractivity contribution in [2.24, 2.45) is 5.14 Å². The van der Waals surface area contributed by atoms with Crippen molar-refractivity contribution in [3.05, 3.63) is 59.1 Å². The van der Waals surface area contributed by atoms with Gasteiger partial charge in [0.1, 0.15) is 12.4 Å². The molecule has 2 N–H and O–H groups in total. The van der Waals surface area contributed by atoms with Gasteiger partial charge in [-0.15, -0.1) is 0 Å². The van der Waals surface area contributed by atoms with Crippen LogP contribution in [0, 0.1) is 0 Å². The summed E-state index contributed by atoms with van der Waals surface area (Å²) < 4.78 is 28.3. The second-order valence-corrected chi connectivity index (χ2v) is 8.86. The van der Waals surface area contributed by atoms with E-state index in [4.69, 9.17) is 21.5 Å². The molecule has 0 aliphatic carbocycles. The lowest BCUT2D eigenvalue weighted by atomic mass is 10.2. The molecular weight excluding hydrogens is 414 g/mol. The minimum Gasteiger partial charge on any atom is -0.492 e. The van der Waals surface area contributed by atoms with E-state index >= 15 is 0 Å². The first-order valence-electron chi connectivity index (χ1n) is 9.36. The maximum Gasteiger partial charge on any atom is 0.253 e. The topological polar surface area (TPSA) is 92.9 Å². The third kappa shape index (κ3) is 6.17. The van der Waals surface area contributed by atoms with Gasteiger partial charge in [-0.05, 0) is 48.9 Å². The van der Waals surface area contributed by atoms with Gasteiger partial charge in [-0.1, -0.05) is 17.7 Å². The zero-order valence-corrected chi connectivity index (χ0v) is 17.5. The number of rotatable bonds is 6. The summed E-state index contributed by atoms with van der Waals surface area (Å²) in [7, 11) is -3.70. The van der Waals surface area contributed by atoms with Gasteiger partial charge in [0.15, 0.2) is 0 Å². The molecular formula is C20H24ClN3O4S. The number of carbonyl (C=O) groups excluding carboxylic acids is 1. The summed E-state index contributed by atoms with van der Waals surface area (Å²) >= 11 is 5.99. The van der Waals surface area contributed by atoms with Crippen LogP contribution in [0.2, 0.25) is 5.02 Å². The Balaban J connectivity index is 1.47. The Hall–Kier alpha value is -2.13. The zero-order valence-electron chi connectivity index (χ0n) is 16.0. The van der Waals surface area contributed by atoms with Gasteiger partial charge in [0, 0.05) is 43.3 Å². The third-order valence-corrected chi connectivity index (χ3v) is 5.94. The second kappa shape index (κ2) is 9.58. The predicted octanol–water partition coefficient (Wildman–Crippen LogP) is 2.21. The van der Waals surface area contributed by atoms with E-state index in [0.29, 0.717) is 36.0 Å². The van der Waals surface area contributed by atoms with Crippen LogP contribution >= 0.6 is 11.6 Å². The zero-order chi connectivity index (χ0) is 20.9. The molecule has 2 aromatic rings. The van der Waals surface area contributed by atoms with Gasteiger partial charge in [-0.25, -0.2) is 13.6 Å². The van der Waals surface area contributed by atoms with Crippen LogP contribution in [0.15, 0.2) is 53.4 Å². The van der Waals surface area contributed by atoms with Crippen LogP contribution in [0.1, 0.15) is 16.8 Å². The Labute approximate surface area is 176 Å². The average molecular weight is 438 g/mol. The van der Waals surface area contributed by atoms with E-state index in [2.05, 4.69) is 4.90 Å². The molecule has 29 heavy (non-hydrogen) atoms. The van der Waals surface area contributed by atoms with Crippen LogP contribution in [0.3, 0.4) is 0 Å². The molecule has 1 fully saturated rings. The summed E-state index contributed by atoms with van der Waals surface area (Å²) in [5.74, 6) is 0.588. The van der Waals surface area contributed by atoms with Gasteiger partial charge in [-0.2, -0.15) is 0 Å². The highest BCUT2D eigenvalue weighted by Crippen LogP contribution is 2.16. The highest BCUT2D eigenvalue weighted by Gasteiger charge is 2.20. The van der Waals surface area contributed by atoms with E-state index in [9.17, 15) is 13.2 Å². The van der Waals surface area contributed by atoms with E-state index in [0.717, 1.165) is 26.1 Å². The van der Waals surface area contributed by atoms with E-state index in [1.807, 2.05) is 4.90 Å². The van der Waals surface area contributed by atoms with Crippen molar-refractivity contribution in [3.8, 4) is 5.75 Å². The number of primary sulfonamides is 1. The lowest BCUT2D eigenvalue weighted by Gasteiger charge is -2.22. The van der Waals surface area contributed by atoms with Gasteiger partial charge >= 0.3 is 0 Å². The van der Waals surface area contributed by atoms with E-state index in [1.54, 1.807) is 36.4 Å². The van der Waals surface area contributed by atoms with Gasteiger partial charge in [0.05, 0.1) is 4.90 Å². The first-order chi connectivity index (χ1) is 13.8. The number of nitrogens with zero attached hydrogens (tertiary/aromatic N) is 2. The fourth-order valence-corrected chi connectivity index (χ4v) is 3.93. The molecule has 156 valence electrons. The summed E-state index contributed by atoms with van der Waals surface area (Å²) in [6.07, 6.45) is 0.884. The molecule has 1 heterocycles. The predicted molar refractivity (Wildman–Crippen MR) is 112 cm³/mol. The molecule has 0 atom stereocenters. The number of hydrogen-bond acceptors (Lipinski definition) is 5. The molecule has 0 spiro atoms. The number of sulfonamides is 1. The first kappa shape index (κ1) is 21.6. The number of amides is 1. The minimum absolute atomic E-state index is 0.000505. The molecule has 0 unspecified atom stereocenters. The van der Waals surface area contributed by atoms with Crippen LogP contribution in [-0.4, -0.2) is 63.5 Å². The monoisotopic (exact) mass is 437 g/mol. The molecule has 0 bridgehead atoms. The maximum absolute atomic E-state index is 12.7.